The van der Waals surface area contributed by atoms with Crippen LogP contribution in [-0.4, -0.2) is 27.8 Å². The molecular formula is C20H21FN4O3. The van der Waals surface area contributed by atoms with E-state index in [0.29, 0.717) is 23.4 Å². The highest BCUT2D eigenvalue weighted by Crippen LogP contribution is 2.40. The highest BCUT2D eigenvalue weighted by atomic mass is 19.1. The molecule has 7 nitrogen and oxygen atoms in total. The number of anilines is 1. The molecule has 0 saturated heterocycles. The Morgan fingerprint density at radius 3 is 2.79 bits per heavy atom. The maximum absolute atomic E-state index is 13.8. The molecule has 1 aromatic carbocycles. The summed E-state index contributed by atoms with van der Waals surface area (Å²) in [5.74, 6) is 0.879. The first kappa shape index (κ1) is 18.2. The Kier molecular flexibility index (Phi) is 4.62. The van der Waals surface area contributed by atoms with Gasteiger partial charge in [-0.05, 0) is 44.9 Å². The zero-order valence-electron chi connectivity index (χ0n) is 16.0. The summed E-state index contributed by atoms with van der Waals surface area (Å²) in [6, 6.07) is 6.23. The molecule has 0 aliphatic heterocycles. The van der Waals surface area contributed by atoms with Gasteiger partial charge in [-0.15, -0.1) is 10.2 Å². The number of halogens is 1. The number of hydrogen-bond donors (Lipinski definition) is 1. The van der Waals surface area contributed by atoms with Crippen molar-refractivity contribution in [3.63, 3.8) is 0 Å². The van der Waals surface area contributed by atoms with Gasteiger partial charge >= 0.3 is 0 Å². The molecule has 1 aliphatic carbocycles. The van der Waals surface area contributed by atoms with E-state index in [-0.39, 0.29) is 18.2 Å². The molecule has 0 bridgehead atoms. The lowest BCUT2D eigenvalue weighted by Crippen LogP contribution is -2.20. The monoisotopic (exact) mass is 384 g/mol. The number of aromatic nitrogens is 3. The highest BCUT2D eigenvalue weighted by molar-refractivity contribution is 5.90. The van der Waals surface area contributed by atoms with Gasteiger partial charge < -0.3 is 19.0 Å². The molecule has 0 spiro atoms. The molecule has 2 heterocycles. The summed E-state index contributed by atoms with van der Waals surface area (Å²) in [5.41, 5.74) is 2.95. The number of nitrogens with one attached hydrogen (secondary N) is 1. The van der Waals surface area contributed by atoms with Crippen LogP contribution in [0.2, 0.25) is 0 Å². The predicted octanol–water partition coefficient (Wildman–Crippen LogP) is 3.82. The molecule has 3 aromatic rings. The van der Waals surface area contributed by atoms with Crippen LogP contribution >= 0.6 is 0 Å². The fraction of sp³-hybridized carbons (Fsp3) is 0.350. The van der Waals surface area contributed by atoms with Gasteiger partial charge in [-0.2, -0.15) is 0 Å². The molecule has 1 amide bonds. The number of methoxy groups -OCH3 is 1. The fourth-order valence-corrected chi connectivity index (χ4v) is 3.19. The van der Waals surface area contributed by atoms with Crippen LogP contribution in [0, 0.1) is 19.7 Å². The minimum Gasteiger partial charge on any atom is -0.494 e. The van der Waals surface area contributed by atoms with Crippen molar-refractivity contribution >= 4 is 11.6 Å². The normalized spacial score (nSPS) is 13.6. The summed E-state index contributed by atoms with van der Waals surface area (Å²) in [6.45, 7) is 3.91. The van der Waals surface area contributed by atoms with Crippen LogP contribution in [0.25, 0.3) is 11.5 Å². The van der Waals surface area contributed by atoms with Gasteiger partial charge in [0.15, 0.2) is 11.6 Å². The van der Waals surface area contributed by atoms with Crippen LogP contribution in [-0.2, 0) is 11.3 Å². The average molecular weight is 384 g/mol. The van der Waals surface area contributed by atoms with E-state index in [1.807, 2.05) is 24.5 Å². The van der Waals surface area contributed by atoms with Gasteiger partial charge in [-0.25, -0.2) is 4.39 Å². The minimum absolute atomic E-state index is 0.0922. The van der Waals surface area contributed by atoms with Crippen LogP contribution in [0.1, 0.15) is 36.0 Å². The lowest BCUT2D eigenvalue weighted by molar-refractivity contribution is -0.116. The Hall–Kier alpha value is -3.16. The van der Waals surface area contributed by atoms with Gasteiger partial charge in [0.25, 0.3) is 0 Å². The molecule has 1 fully saturated rings. The molecular weight excluding hydrogens is 363 g/mol. The van der Waals surface area contributed by atoms with Crippen LogP contribution in [0.3, 0.4) is 0 Å². The first-order valence-electron chi connectivity index (χ1n) is 9.10. The van der Waals surface area contributed by atoms with E-state index >= 15 is 0 Å². The summed E-state index contributed by atoms with van der Waals surface area (Å²) < 4.78 is 26.3. The molecule has 4 rings (SSSR count). The largest absolute Gasteiger partial charge is 0.494 e. The highest BCUT2D eigenvalue weighted by Gasteiger charge is 2.30. The van der Waals surface area contributed by atoms with Crippen LogP contribution < -0.4 is 10.1 Å². The maximum Gasteiger partial charge on any atom is 0.249 e. The Bertz CT molecular complexity index is 1040. The summed E-state index contributed by atoms with van der Waals surface area (Å²) in [4.78, 5) is 12.5. The predicted molar refractivity (Wildman–Crippen MR) is 101 cm³/mol. The van der Waals surface area contributed by atoms with E-state index in [0.717, 1.165) is 29.8 Å². The van der Waals surface area contributed by atoms with Gasteiger partial charge in [0.1, 0.15) is 6.54 Å². The van der Waals surface area contributed by atoms with E-state index in [1.54, 1.807) is 6.07 Å². The van der Waals surface area contributed by atoms with Crippen molar-refractivity contribution in [3.8, 4) is 17.2 Å². The van der Waals surface area contributed by atoms with Gasteiger partial charge in [-0.1, -0.05) is 0 Å². The van der Waals surface area contributed by atoms with E-state index < -0.39 is 5.82 Å². The summed E-state index contributed by atoms with van der Waals surface area (Å²) in [7, 11) is 1.39. The molecule has 0 unspecified atom stereocenters. The summed E-state index contributed by atoms with van der Waals surface area (Å²) in [6.07, 6.45) is 2.18. The molecule has 146 valence electrons. The van der Waals surface area contributed by atoms with Gasteiger partial charge in [0.05, 0.1) is 12.7 Å². The summed E-state index contributed by atoms with van der Waals surface area (Å²) >= 11 is 0. The number of amides is 1. The van der Waals surface area contributed by atoms with Gasteiger partial charge in [-0.3, -0.25) is 4.79 Å². The topological polar surface area (TPSA) is 82.2 Å². The van der Waals surface area contributed by atoms with E-state index in [9.17, 15) is 9.18 Å². The van der Waals surface area contributed by atoms with Crippen molar-refractivity contribution in [2.24, 2.45) is 0 Å². The molecule has 0 atom stereocenters. The average Bonchev–Trinajstić information content (AvgIpc) is 3.34. The first-order valence-corrected chi connectivity index (χ1v) is 9.10. The smallest absolute Gasteiger partial charge is 0.249 e. The Morgan fingerprint density at radius 1 is 1.32 bits per heavy atom. The minimum atomic E-state index is -0.529. The van der Waals surface area contributed by atoms with Gasteiger partial charge in [0, 0.05) is 29.1 Å². The third kappa shape index (κ3) is 3.49. The standard InChI is InChI=1S/C20H21FN4O3/c1-11-8-15(20-24-23-19(28-20)13-4-5-13)12(2)25(11)10-18(26)22-14-6-7-17(27-3)16(21)9-14/h6-9,13H,4-5,10H2,1-3H3,(H,22,26). The SMILES string of the molecule is COc1ccc(NC(=O)Cn2c(C)cc(-c3nnc(C4CC4)o3)c2C)cc1F. The zero-order chi connectivity index (χ0) is 19.8. The number of aryl methyl sites for hydroxylation is 1. The van der Waals surface area contributed by atoms with Crippen molar-refractivity contribution in [3.05, 3.63) is 47.4 Å². The van der Waals surface area contributed by atoms with Crippen LogP contribution in [0.15, 0.2) is 28.7 Å². The lowest BCUT2D eigenvalue weighted by Gasteiger charge is -2.11. The maximum atomic E-state index is 13.8. The zero-order valence-corrected chi connectivity index (χ0v) is 16.0. The van der Waals surface area contributed by atoms with Crippen molar-refractivity contribution in [1.29, 1.82) is 0 Å². The Labute approximate surface area is 161 Å². The second kappa shape index (κ2) is 7.10. The molecule has 1 saturated carbocycles. The second-order valence-corrected chi connectivity index (χ2v) is 6.99. The van der Waals surface area contributed by atoms with Crippen molar-refractivity contribution in [1.82, 2.24) is 14.8 Å². The molecule has 2 aromatic heterocycles. The van der Waals surface area contributed by atoms with Crippen LogP contribution in [0.4, 0.5) is 10.1 Å². The number of ether oxygens (including phenoxy) is 1. The number of benzene rings is 1. The quantitative estimate of drug-likeness (QED) is 0.699. The number of carbonyl (C=O) groups excluding carboxylic acids is 1. The lowest BCUT2D eigenvalue weighted by atomic mass is 10.2. The van der Waals surface area contributed by atoms with Crippen molar-refractivity contribution in [2.75, 3.05) is 12.4 Å². The second-order valence-electron chi connectivity index (χ2n) is 6.99. The van der Waals surface area contributed by atoms with E-state index in [1.165, 1.54) is 19.2 Å². The van der Waals surface area contributed by atoms with Crippen molar-refractivity contribution < 1.29 is 18.3 Å². The summed E-state index contributed by atoms with van der Waals surface area (Å²) in [5, 5.41) is 11.0. The van der Waals surface area contributed by atoms with E-state index in [4.69, 9.17) is 9.15 Å². The first-order chi connectivity index (χ1) is 13.5. The third-order valence-corrected chi connectivity index (χ3v) is 4.91. The van der Waals surface area contributed by atoms with Crippen molar-refractivity contribution in [2.45, 2.75) is 39.2 Å². The number of nitrogens with zero attached hydrogens (tertiary/aromatic N) is 3. The van der Waals surface area contributed by atoms with Gasteiger partial charge in [0.2, 0.25) is 17.7 Å². The Morgan fingerprint density at radius 2 is 2.11 bits per heavy atom. The number of rotatable bonds is 6. The molecule has 1 aliphatic rings. The fourth-order valence-electron chi connectivity index (χ4n) is 3.19. The number of hydrogen-bond acceptors (Lipinski definition) is 5. The Balaban J connectivity index is 1.50. The van der Waals surface area contributed by atoms with E-state index in [2.05, 4.69) is 15.5 Å². The molecule has 1 N–H and O–H groups in total. The molecule has 8 heteroatoms. The molecule has 0 radical (unpaired) electrons. The van der Waals surface area contributed by atoms with Crippen LogP contribution in [0.5, 0.6) is 5.75 Å². The molecule has 28 heavy (non-hydrogen) atoms. The third-order valence-electron chi connectivity index (χ3n) is 4.91. The number of carbonyl (C=O) groups is 1.